The number of hydrogen-bond donors (Lipinski definition) is 2. The first-order chi connectivity index (χ1) is 12.7. The second-order valence-electron chi connectivity index (χ2n) is 6.24. The molecular weight excluding hydrogens is 457 g/mol. The van der Waals surface area contributed by atoms with E-state index in [2.05, 4.69) is 28.3 Å². The smallest absolute Gasteiger partial charge is 0.231 e. The molecule has 1 aliphatic heterocycles. The lowest BCUT2D eigenvalue weighted by atomic mass is 10.1. The Morgan fingerprint density at radius 2 is 1.89 bits per heavy atom. The first-order valence-corrected chi connectivity index (χ1v) is 8.78. The van der Waals surface area contributed by atoms with Crippen molar-refractivity contribution in [3.05, 3.63) is 60.1 Å². The Kier molecular flexibility index (Phi) is 8.50. The zero-order chi connectivity index (χ0) is 18.2. The summed E-state index contributed by atoms with van der Waals surface area (Å²) in [7, 11) is 0. The normalized spacial score (nSPS) is 12.4. The Labute approximate surface area is 177 Å². The first kappa shape index (κ1) is 21.1. The number of halogens is 1. The molecule has 146 valence electrons. The molecule has 0 bridgehead atoms. The molecule has 0 unspecified atom stereocenters. The Morgan fingerprint density at radius 1 is 1.11 bits per heavy atom. The topological polar surface area (TPSA) is 68.0 Å². The van der Waals surface area contributed by atoms with Crippen LogP contribution in [0.2, 0.25) is 0 Å². The van der Waals surface area contributed by atoms with Crippen LogP contribution in [0.4, 0.5) is 0 Å². The molecule has 2 aromatic rings. The second-order valence-corrected chi connectivity index (χ2v) is 6.24. The van der Waals surface area contributed by atoms with Gasteiger partial charge in [-0.25, -0.2) is 4.99 Å². The highest BCUT2D eigenvalue weighted by atomic mass is 127. The molecule has 0 radical (unpaired) electrons. The predicted molar refractivity (Wildman–Crippen MR) is 117 cm³/mol. The van der Waals surface area contributed by atoms with Crippen molar-refractivity contribution >= 4 is 29.9 Å². The van der Waals surface area contributed by atoms with E-state index in [0.29, 0.717) is 13.3 Å². The number of nitrogens with zero attached hydrogens (tertiary/aromatic N) is 1. The van der Waals surface area contributed by atoms with Crippen molar-refractivity contribution in [2.24, 2.45) is 4.99 Å². The van der Waals surface area contributed by atoms with Crippen LogP contribution >= 0.6 is 24.0 Å². The highest BCUT2D eigenvalue weighted by Gasteiger charge is 2.13. The lowest BCUT2D eigenvalue weighted by Crippen LogP contribution is -2.39. The molecule has 0 amide bonds. The van der Waals surface area contributed by atoms with Crippen LogP contribution < -0.4 is 20.1 Å². The minimum absolute atomic E-state index is 0. The lowest BCUT2D eigenvalue weighted by Gasteiger charge is -2.12. The number of fused-ring (bicyclic) bond motifs is 1. The Bertz CT molecular complexity index is 760. The summed E-state index contributed by atoms with van der Waals surface area (Å²) in [5.41, 5.74) is 2.21. The minimum atomic E-state index is 0. The van der Waals surface area contributed by atoms with Gasteiger partial charge in [-0.2, -0.15) is 0 Å². The summed E-state index contributed by atoms with van der Waals surface area (Å²) >= 11 is 0. The second kappa shape index (κ2) is 10.9. The van der Waals surface area contributed by atoms with Gasteiger partial charge in [-0.15, -0.1) is 24.0 Å². The van der Waals surface area contributed by atoms with E-state index in [-0.39, 0.29) is 24.0 Å². The molecule has 2 heterocycles. The fourth-order valence-corrected chi connectivity index (χ4v) is 2.57. The fourth-order valence-electron chi connectivity index (χ4n) is 2.57. The molecule has 0 spiro atoms. The third kappa shape index (κ3) is 6.82. The highest BCUT2D eigenvalue weighted by molar-refractivity contribution is 14.0. The summed E-state index contributed by atoms with van der Waals surface area (Å²) in [6.45, 7) is 8.29. The number of guanidine groups is 1. The molecular formula is C20H26IN3O3. The number of hydrogen-bond acceptors (Lipinski definition) is 4. The third-order valence-electron chi connectivity index (χ3n) is 3.89. The number of ether oxygens (including phenoxy) is 2. The van der Waals surface area contributed by atoms with E-state index in [1.807, 2.05) is 31.2 Å². The van der Waals surface area contributed by atoms with Gasteiger partial charge in [0.25, 0.3) is 0 Å². The van der Waals surface area contributed by atoms with Crippen molar-refractivity contribution in [1.29, 1.82) is 0 Å². The molecule has 6 nitrogen and oxygen atoms in total. The molecule has 2 N–H and O–H groups in total. The van der Waals surface area contributed by atoms with E-state index < -0.39 is 0 Å². The van der Waals surface area contributed by atoms with Gasteiger partial charge in [-0.1, -0.05) is 18.2 Å². The molecule has 7 heteroatoms. The van der Waals surface area contributed by atoms with Crippen LogP contribution in [-0.4, -0.2) is 32.4 Å². The number of nitrogens with one attached hydrogen (secondary N) is 2. The summed E-state index contributed by atoms with van der Waals surface area (Å²) in [6, 6.07) is 9.91. The molecule has 1 aromatic heterocycles. The molecule has 1 aromatic carbocycles. The Hall–Kier alpha value is -2.16. The van der Waals surface area contributed by atoms with Gasteiger partial charge >= 0.3 is 0 Å². The van der Waals surface area contributed by atoms with Crippen LogP contribution in [-0.2, 0) is 12.8 Å². The van der Waals surface area contributed by atoms with Gasteiger partial charge in [-0.05, 0) is 43.2 Å². The third-order valence-corrected chi connectivity index (χ3v) is 3.89. The maximum Gasteiger partial charge on any atom is 0.231 e. The highest BCUT2D eigenvalue weighted by Crippen LogP contribution is 2.32. The van der Waals surface area contributed by atoms with E-state index in [1.165, 1.54) is 5.56 Å². The van der Waals surface area contributed by atoms with Gasteiger partial charge in [0, 0.05) is 19.5 Å². The number of aliphatic imine (C=N–C) groups is 1. The van der Waals surface area contributed by atoms with Crippen molar-refractivity contribution in [2.75, 3.05) is 26.4 Å². The van der Waals surface area contributed by atoms with E-state index in [0.717, 1.165) is 54.7 Å². The number of furan rings is 1. The van der Waals surface area contributed by atoms with Gasteiger partial charge in [-0.3, -0.25) is 0 Å². The van der Waals surface area contributed by atoms with Gasteiger partial charge in [0.2, 0.25) is 6.79 Å². The predicted octanol–water partition coefficient (Wildman–Crippen LogP) is 3.52. The Morgan fingerprint density at radius 3 is 2.63 bits per heavy atom. The molecule has 3 rings (SSSR count). The van der Waals surface area contributed by atoms with Crippen molar-refractivity contribution in [3.8, 4) is 11.5 Å². The summed E-state index contributed by atoms with van der Waals surface area (Å²) in [4.78, 5) is 4.55. The monoisotopic (exact) mass is 483 g/mol. The van der Waals surface area contributed by atoms with Gasteiger partial charge in [0.1, 0.15) is 5.76 Å². The van der Waals surface area contributed by atoms with Gasteiger partial charge in [0.05, 0.1) is 12.8 Å². The van der Waals surface area contributed by atoms with Crippen molar-refractivity contribution < 1.29 is 13.9 Å². The van der Waals surface area contributed by atoms with Gasteiger partial charge < -0.3 is 24.5 Å². The maximum atomic E-state index is 5.42. The Balaban J connectivity index is 0.00000261. The van der Waals surface area contributed by atoms with Crippen molar-refractivity contribution in [2.45, 2.75) is 19.8 Å². The lowest BCUT2D eigenvalue weighted by molar-refractivity contribution is 0.174. The van der Waals surface area contributed by atoms with Crippen LogP contribution in [0, 0.1) is 0 Å². The van der Waals surface area contributed by atoms with Crippen LogP contribution in [0.5, 0.6) is 11.5 Å². The summed E-state index contributed by atoms with van der Waals surface area (Å²) in [5, 5.41) is 6.70. The average molecular weight is 483 g/mol. The van der Waals surface area contributed by atoms with Crippen LogP contribution in [0.25, 0.3) is 0 Å². The number of benzene rings is 1. The number of rotatable bonds is 8. The zero-order valence-corrected chi connectivity index (χ0v) is 17.8. The maximum absolute atomic E-state index is 5.42. The van der Waals surface area contributed by atoms with Crippen molar-refractivity contribution in [1.82, 2.24) is 10.6 Å². The molecule has 0 fully saturated rings. The zero-order valence-electron chi connectivity index (χ0n) is 15.5. The molecule has 0 atom stereocenters. The van der Waals surface area contributed by atoms with Crippen molar-refractivity contribution in [3.63, 3.8) is 0 Å². The summed E-state index contributed by atoms with van der Waals surface area (Å²) in [5.74, 6) is 3.36. The van der Waals surface area contributed by atoms with E-state index >= 15 is 0 Å². The summed E-state index contributed by atoms with van der Waals surface area (Å²) in [6.07, 6.45) is 3.36. The van der Waals surface area contributed by atoms with Gasteiger partial charge in [0.15, 0.2) is 17.5 Å². The quantitative estimate of drug-likeness (QED) is 0.260. The van der Waals surface area contributed by atoms with E-state index in [4.69, 9.17) is 13.9 Å². The minimum Gasteiger partial charge on any atom is -0.469 e. The largest absolute Gasteiger partial charge is 0.469 e. The molecule has 27 heavy (non-hydrogen) atoms. The molecule has 0 aliphatic carbocycles. The van der Waals surface area contributed by atoms with Crippen LogP contribution in [0.1, 0.15) is 18.2 Å². The molecule has 1 aliphatic rings. The fraction of sp³-hybridized carbons (Fsp3) is 0.350. The summed E-state index contributed by atoms with van der Waals surface area (Å²) < 4.78 is 16.1. The molecule has 0 saturated carbocycles. The standard InChI is InChI=1S/C20H25N3O3.HI/c1-15(2)13-23-20(22-10-8-17-4-3-11-24-17)21-9-7-16-5-6-18-19(12-16)26-14-25-18;/h3-6,11-12H,1,7-10,13-14H2,2H3,(H2,21,22,23);1H. The molecule has 0 saturated heterocycles. The average Bonchev–Trinajstić information content (AvgIpc) is 3.30. The first-order valence-electron chi connectivity index (χ1n) is 8.78. The van der Waals surface area contributed by atoms with E-state index in [9.17, 15) is 0 Å². The van der Waals surface area contributed by atoms with Crippen LogP contribution in [0.3, 0.4) is 0 Å². The SMILES string of the molecule is C=C(C)CN=C(NCCc1ccc2c(c1)OCO2)NCCc1ccco1.I. The van der Waals surface area contributed by atoms with Crippen LogP contribution in [0.15, 0.2) is 58.2 Å². The van der Waals surface area contributed by atoms with E-state index in [1.54, 1.807) is 6.26 Å².